The lowest BCUT2D eigenvalue weighted by Crippen LogP contribution is -2.38. The molecule has 0 spiro atoms. The molecule has 0 amide bonds. The van der Waals surface area contributed by atoms with Crippen molar-refractivity contribution in [1.29, 1.82) is 0 Å². The Kier molecular flexibility index (Phi) is 3.78. The Morgan fingerprint density at radius 2 is 2.07 bits per heavy atom. The zero-order valence-corrected chi connectivity index (χ0v) is 9.09. The lowest BCUT2D eigenvalue weighted by molar-refractivity contribution is 0.544. The molecule has 0 aliphatic heterocycles. The molecule has 15 heavy (non-hydrogen) atoms. The van der Waals surface area contributed by atoms with E-state index in [9.17, 15) is 12.8 Å². The molecule has 6 heteroatoms. The van der Waals surface area contributed by atoms with Gasteiger partial charge < -0.3 is 5.73 Å². The molecular formula is C9H13FN2O2S. The average Bonchev–Trinajstić information content (AvgIpc) is 2.17. The van der Waals surface area contributed by atoms with Gasteiger partial charge in [0.15, 0.2) is 0 Å². The first-order chi connectivity index (χ1) is 6.97. The van der Waals surface area contributed by atoms with E-state index in [-0.39, 0.29) is 11.4 Å². The smallest absolute Gasteiger partial charge is 0.243 e. The number of rotatable bonds is 4. The number of hydrogen-bond acceptors (Lipinski definition) is 3. The third-order valence-electron chi connectivity index (χ3n) is 1.84. The van der Waals surface area contributed by atoms with Gasteiger partial charge in [-0.15, -0.1) is 0 Å². The Morgan fingerprint density at radius 1 is 1.47 bits per heavy atom. The van der Waals surface area contributed by atoms with E-state index in [1.165, 1.54) is 18.2 Å². The number of benzene rings is 1. The van der Waals surface area contributed by atoms with Gasteiger partial charge in [-0.05, 0) is 19.1 Å². The van der Waals surface area contributed by atoms with E-state index in [0.29, 0.717) is 0 Å². The number of halogens is 1. The van der Waals surface area contributed by atoms with Crippen molar-refractivity contribution >= 4 is 10.0 Å². The first kappa shape index (κ1) is 12.1. The van der Waals surface area contributed by atoms with Crippen LogP contribution < -0.4 is 10.5 Å². The Labute approximate surface area is 88.3 Å². The van der Waals surface area contributed by atoms with Gasteiger partial charge in [0.2, 0.25) is 10.0 Å². The van der Waals surface area contributed by atoms with E-state index in [1.807, 2.05) is 0 Å². The molecule has 0 heterocycles. The molecule has 0 aliphatic carbocycles. The molecule has 0 aromatic heterocycles. The quantitative estimate of drug-likeness (QED) is 0.791. The minimum absolute atomic E-state index is 0.160. The van der Waals surface area contributed by atoms with E-state index in [1.54, 1.807) is 6.92 Å². The summed E-state index contributed by atoms with van der Waals surface area (Å²) in [6.45, 7) is 1.77. The molecule has 0 bridgehead atoms. The van der Waals surface area contributed by atoms with E-state index < -0.39 is 21.9 Å². The van der Waals surface area contributed by atoms with E-state index in [0.717, 1.165) is 6.07 Å². The minimum Gasteiger partial charge on any atom is -0.329 e. The van der Waals surface area contributed by atoms with Crippen LogP contribution in [0.25, 0.3) is 0 Å². The lowest BCUT2D eigenvalue weighted by atomic mass is 10.3. The summed E-state index contributed by atoms with van der Waals surface area (Å²) in [5.41, 5.74) is 5.27. The second-order valence-electron chi connectivity index (χ2n) is 3.19. The summed E-state index contributed by atoms with van der Waals surface area (Å²) in [7, 11) is -3.81. The maximum absolute atomic E-state index is 13.2. The molecule has 0 unspecified atom stereocenters. The fraction of sp³-hybridized carbons (Fsp3) is 0.333. The summed E-state index contributed by atoms with van der Waals surface area (Å²) in [4.78, 5) is -0.356. The van der Waals surface area contributed by atoms with Crippen LogP contribution >= 0.6 is 0 Å². The summed E-state index contributed by atoms with van der Waals surface area (Å²) < 4.78 is 38.7. The molecule has 84 valence electrons. The molecule has 1 aromatic carbocycles. The molecule has 0 aliphatic rings. The molecular weight excluding hydrogens is 219 g/mol. The average molecular weight is 232 g/mol. The second-order valence-corrected chi connectivity index (χ2v) is 4.87. The Hall–Kier alpha value is -0.980. The van der Waals surface area contributed by atoms with Gasteiger partial charge in [-0.1, -0.05) is 12.1 Å². The number of nitrogens with two attached hydrogens (primary N) is 1. The van der Waals surface area contributed by atoms with Crippen LogP contribution in [-0.2, 0) is 10.0 Å². The highest BCUT2D eigenvalue weighted by Gasteiger charge is 2.19. The van der Waals surface area contributed by atoms with E-state index in [2.05, 4.69) is 4.72 Å². The fourth-order valence-electron chi connectivity index (χ4n) is 1.04. The summed E-state index contributed by atoms with van der Waals surface area (Å²) in [5, 5.41) is 0. The van der Waals surface area contributed by atoms with Gasteiger partial charge in [0.1, 0.15) is 10.7 Å². The third kappa shape index (κ3) is 2.98. The van der Waals surface area contributed by atoms with Crippen LogP contribution in [-0.4, -0.2) is 21.0 Å². The van der Waals surface area contributed by atoms with Crippen LogP contribution in [0.1, 0.15) is 6.92 Å². The highest BCUT2D eigenvalue weighted by atomic mass is 32.2. The summed E-state index contributed by atoms with van der Waals surface area (Å²) in [5.74, 6) is -0.769. The van der Waals surface area contributed by atoms with Crippen LogP contribution in [0.5, 0.6) is 0 Å². The van der Waals surface area contributed by atoms with Gasteiger partial charge in [-0.25, -0.2) is 17.5 Å². The number of sulfonamides is 1. The molecule has 0 saturated carbocycles. The monoisotopic (exact) mass is 232 g/mol. The summed E-state index contributed by atoms with van der Waals surface area (Å²) >= 11 is 0. The maximum atomic E-state index is 13.2. The molecule has 0 fully saturated rings. The normalized spacial score (nSPS) is 13.8. The first-order valence-electron chi connectivity index (χ1n) is 4.44. The van der Waals surface area contributed by atoms with Crippen LogP contribution in [0.4, 0.5) is 4.39 Å². The maximum Gasteiger partial charge on any atom is 0.243 e. The summed E-state index contributed by atoms with van der Waals surface area (Å²) in [6, 6.07) is 4.78. The number of nitrogens with one attached hydrogen (secondary N) is 1. The molecule has 1 aromatic rings. The van der Waals surface area contributed by atoms with Crippen molar-refractivity contribution in [2.75, 3.05) is 6.54 Å². The number of hydrogen-bond donors (Lipinski definition) is 2. The van der Waals surface area contributed by atoms with Gasteiger partial charge in [0, 0.05) is 12.6 Å². The van der Waals surface area contributed by atoms with Gasteiger partial charge in [-0.3, -0.25) is 0 Å². The van der Waals surface area contributed by atoms with Crippen molar-refractivity contribution in [3.05, 3.63) is 30.1 Å². The van der Waals surface area contributed by atoms with Crippen molar-refractivity contribution < 1.29 is 12.8 Å². The van der Waals surface area contributed by atoms with Crippen molar-refractivity contribution in [2.24, 2.45) is 5.73 Å². The SMILES string of the molecule is C[C@@H](CN)NS(=O)(=O)c1ccccc1F. The minimum atomic E-state index is -3.81. The first-order valence-corrected chi connectivity index (χ1v) is 5.92. The van der Waals surface area contributed by atoms with Crippen molar-refractivity contribution in [2.45, 2.75) is 17.9 Å². The van der Waals surface area contributed by atoms with Crippen molar-refractivity contribution in [1.82, 2.24) is 4.72 Å². The molecule has 1 rings (SSSR count). The molecule has 1 atom stereocenters. The second kappa shape index (κ2) is 4.69. The predicted molar refractivity (Wildman–Crippen MR) is 55.2 cm³/mol. The van der Waals surface area contributed by atoms with E-state index in [4.69, 9.17) is 5.73 Å². The van der Waals surface area contributed by atoms with Crippen molar-refractivity contribution in [3.8, 4) is 0 Å². The van der Waals surface area contributed by atoms with Gasteiger partial charge in [0.05, 0.1) is 0 Å². The van der Waals surface area contributed by atoms with Crippen LogP contribution in [0.15, 0.2) is 29.2 Å². The standard InChI is InChI=1S/C9H13FN2O2S/c1-7(6-11)12-15(13,14)9-5-3-2-4-8(9)10/h2-5,7,12H,6,11H2,1H3/t7-/m0/s1. The van der Waals surface area contributed by atoms with Crippen LogP contribution in [0.3, 0.4) is 0 Å². The van der Waals surface area contributed by atoms with Crippen molar-refractivity contribution in [3.63, 3.8) is 0 Å². The van der Waals surface area contributed by atoms with Gasteiger partial charge in [-0.2, -0.15) is 0 Å². The Bertz CT molecular complexity index is 433. The largest absolute Gasteiger partial charge is 0.329 e. The van der Waals surface area contributed by atoms with Crippen LogP contribution in [0.2, 0.25) is 0 Å². The van der Waals surface area contributed by atoms with E-state index >= 15 is 0 Å². The topological polar surface area (TPSA) is 72.2 Å². The molecule has 0 saturated heterocycles. The molecule has 3 N–H and O–H groups in total. The molecule has 4 nitrogen and oxygen atoms in total. The van der Waals surface area contributed by atoms with Crippen LogP contribution in [0, 0.1) is 5.82 Å². The lowest BCUT2D eigenvalue weighted by Gasteiger charge is -2.12. The fourth-order valence-corrected chi connectivity index (χ4v) is 2.37. The Balaban J connectivity index is 3.02. The highest BCUT2D eigenvalue weighted by Crippen LogP contribution is 2.13. The third-order valence-corrected chi connectivity index (χ3v) is 3.46. The molecule has 0 radical (unpaired) electrons. The highest BCUT2D eigenvalue weighted by molar-refractivity contribution is 7.89. The van der Waals surface area contributed by atoms with Gasteiger partial charge >= 0.3 is 0 Å². The zero-order valence-electron chi connectivity index (χ0n) is 8.27. The predicted octanol–water partition coefficient (Wildman–Crippen LogP) is 0.451. The summed E-state index contributed by atoms with van der Waals surface area (Å²) in [6.07, 6.45) is 0. The Morgan fingerprint density at radius 3 is 2.60 bits per heavy atom. The zero-order chi connectivity index (χ0) is 11.5. The van der Waals surface area contributed by atoms with Gasteiger partial charge in [0.25, 0.3) is 0 Å².